The normalized spacial score (nSPS) is 9.88. The van der Waals surface area contributed by atoms with E-state index in [-0.39, 0.29) is 75.5 Å². The van der Waals surface area contributed by atoms with Gasteiger partial charge in [-0.25, -0.2) is 14.4 Å². The minimum absolute atomic E-state index is 0. The molecule has 0 heterocycles. The summed E-state index contributed by atoms with van der Waals surface area (Å²) in [5.41, 5.74) is 0. The van der Waals surface area contributed by atoms with Crippen LogP contribution in [0.4, 0.5) is 0 Å². The van der Waals surface area contributed by atoms with Crippen molar-refractivity contribution in [2.24, 2.45) is 0 Å². The Bertz CT molecular complexity index is 233. The van der Waals surface area contributed by atoms with E-state index < -0.39 is 24.0 Å². The first-order valence-corrected chi connectivity index (χ1v) is 3.32. The molecule has 0 aliphatic rings. The van der Waals surface area contributed by atoms with Crippen LogP contribution in [0, 0.1) is 0 Å². The molecule has 7 nitrogen and oxygen atoms in total. The zero-order valence-corrected chi connectivity index (χ0v) is 7.25. The molecule has 0 aliphatic carbocycles. The molecular weight excluding hydrogens is 276 g/mol. The summed E-state index contributed by atoms with van der Waals surface area (Å²) in [6.07, 6.45) is -0.116. The number of aliphatic hydroxyl groups is 1. The third-order valence-electron chi connectivity index (χ3n) is 0.726. The molecule has 4 N–H and O–H groups in total. The molecule has 0 bridgehead atoms. The second kappa shape index (κ2) is 15.6. The molecule has 0 aromatic rings. The summed E-state index contributed by atoms with van der Waals surface area (Å²) in [5, 5.41) is 31.4. The summed E-state index contributed by atoms with van der Waals surface area (Å²) in [4.78, 5) is 28.6. The van der Waals surface area contributed by atoms with E-state index in [1.807, 2.05) is 0 Å². The fourth-order valence-corrected chi connectivity index (χ4v) is 0.143. The predicted octanol–water partition coefficient (Wildman–Crippen LogP) is -2.67. The Kier molecular flexibility index (Phi) is 24.9. The number of carboxylic acids is 3. The third-order valence-corrected chi connectivity index (χ3v) is 0.726. The molecule has 1 unspecified atom stereocenters. The summed E-state index contributed by atoms with van der Waals surface area (Å²) < 4.78 is 0. The quantitative estimate of drug-likeness (QED) is 0.329. The average Bonchev–Trinajstić information content (AvgIpc) is 2.01. The molecule has 0 aliphatic heterocycles. The topological polar surface area (TPSA) is 132 Å². The first-order valence-electron chi connectivity index (χ1n) is 3.32. The molecule has 0 aromatic heterocycles. The molecule has 1 atom stereocenters. The van der Waals surface area contributed by atoms with E-state index in [9.17, 15) is 14.4 Å². The van der Waals surface area contributed by atoms with Gasteiger partial charge in [0, 0.05) is 12.2 Å². The minimum atomic E-state index is -1.26. The molecule has 0 rings (SSSR count). The number of carbonyl (C=O) groups is 3. The van der Waals surface area contributed by atoms with Crippen LogP contribution in [0.3, 0.4) is 0 Å². The van der Waals surface area contributed by atoms with Crippen molar-refractivity contribution >= 4 is 93.4 Å². The average molecular weight is 290 g/mol. The van der Waals surface area contributed by atoms with Gasteiger partial charge >= 0.3 is 93.4 Å². The maximum atomic E-state index is 9.55. The Morgan fingerprint density at radius 3 is 1.19 bits per heavy atom. The van der Waals surface area contributed by atoms with E-state index in [4.69, 9.17) is 20.4 Å². The summed E-state index contributed by atoms with van der Waals surface area (Å²) in [7, 11) is 0. The predicted molar refractivity (Wildman–Crippen MR) is 60.8 cm³/mol. The number of carboxylic acid groups (broad SMARTS) is 3. The number of hydrogen-bond donors (Lipinski definition) is 4. The molecule has 0 saturated heterocycles. The zero-order valence-electron chi connectivity index (χ0n) is 7.25. The molecule has 0 radical (unpaired) electrons. The van der Waals surface area contributed by atoms with E-state index in [0.29, 0.717) is 12.2 Å². The van der Waals surface area contributed by atoms with Crippen LogP contribution in [0.25, 0.3) is 0 Å². The van der Waals surface area contributed by atoms with Gasteiger partial charge in [0.05, 0.1) is 0 Å². The molecule has 88 valence electrons. The molecule has 0 fully saturated rings. The van der Waals surface area contributed by atoms with Gasteiger partial charge < -0.3 is 20.4 Å². The van der Waals surface area contributed by atoms with Gasteiger partial charge in [0.2, 0.25) is 0 Å². The summed E-state index contributed by atoms with van der Waals surface area (Å²) >= 11 is 0. The van der Waals surface area contributed by atoms with E-state index in [1.165, 1.54) is 6.92 Å². The van der Waals surface area contributed by atoms with Crippen LogP contribution < -0.4 is 0 Å². The second-order valence-electron chi connectivity index (χ2n) is 2.02. The Labute approximate surface area is 151 Å². The van der Waals surface area contributed by atoms with Gasteiger partial charge in [-0.3, -0.25) is 0 Å². The molecule has 0 saturated carbocycles. The van der Waals surface area contributed by atoms with Gasteiger partial charge in [0.15, 0.2) is 0 Å². The van der Waals surface area contributed by atoms with Crippen LogP contribution in [0.1, 0.15) is 6.92 Å². The Balaban J connectivity index is -0.0000000825. The van der Waals surface area contributed by atoms with Gasteiger partial charge in [-0.05, 0) is 6.92 Å². The van der Waals surface area contributed by atoms with Gasteiger partial charge in [-0.1, -0.05) is 0 Å². The van der Waals surface area contributed by atoms with Gasteiger partial charge in [-0.15, -0.1) is 0 Å². The van der Waals surface area contributed by atoms with Crippen molar-refractivity contribution in [2.75, 3.05) is 0 Å². The van der Waals surface area contributed by atoms with E-state index in [0.717, 1.165) is 0 Å². The first-order chi connectivity index (χ1) is 6.27. The number of aliphatic hydroxyl groups excluding tert-OH is 1. The van der Waals surface area contributed by atoms with Crippen LogP contribution in [0.2, 0.25) is 0 Å². The van der Waals surface area contributed by atoms with E-state index in [2.05, 4.69) is 0 Å². The van der Waals surface area contributed by atoms with Crippen molar-refractivity contribution in [3.05, 3.63) is 12.2 Å². The van der Waals surface area contributed by atoms with Crippen LogP contribution in [0.5, 0.6) is 0 Å². The van der Waals surface area contributed by atoms with Crippen molar-refractivity contribution in [1.29, 1.82) is 0 Å². The van der Waals surface area contributed by atoms with E-state index in [1.54, 1.807) is 0 Å². The second-order valence-corrected chi connectivity index (χ2v) is 2.02. The standard InChI is InChI=1S/C4H4O4.C3H6O3.2Ca.4H/c5-3(6)1-2-4(7)8;1-2(4)3(5)6;;;;;;/h1-2H,(H,5,6)(H,7,8);2,4H,1H3,(H,5,6);;;;;;/b2-1+;;;;;;;. The third kappa shape index (κ3) is 29.3. The monoisotopic (exact) mass is 290 g/mol. The van der Waals surface area contributed by atoms with Crippen molar-refractivity contribution in [3.63, 3.8) is 0 Å². The molecule has 0 aromatic carbocycles. The van der Waals surface area contributed by atoms with Crippen LogP contribution >= 0.6 is 0 Å². The fraction of sp³-hybridized carbons (Fsp3) is 0.286. The molecule has 9 heteroatoms. The van der Waals surface area contributed by atoms with Crippen LogP contribution in [-0.2, 0) is 14.4 Å². The van der Waals surface area contributed by atoms with Crippen LogP contribution in [-0.4, -0.2) is 120 Å². The van der Waals surface area contributed by atoms with Crippen molar-refractivity contribution in [1.82, 2.24) is 0 Å². The van der Waals surface area contributed by atoms with E-state index >= 15 is 0 Å². The van der Waals surface area contributed by atoms with Gasteiger partial charge in [0.25, 0.3) is 0 Å². The maximum absolute atomic E-state index is 9.55. The van der Waals surface area contributed by atoms with Crippen molar-refractivity contribution < 1.29 is 34.8 Å². The summed E-state index contributed by atoms with van der Waals surface area (Å²) in [6.45, 7) is 1.20. The zero-order chi connectivity index (χ0) is 11.7. The molecule has 0 spiro atoms. The van der Waals surface area contributed by atoms with Crippen molar-refractivity contribution in [2.45, 2.75) is 13.0 Å². The Hall–Kier alpha value is 0.629. The van der Waals surface area contributed by atoms with Gasteiger partial charge in [0.1, 0.15) is 6.10 Å². The Morgan fingerprint density at radius 1 is 0.938 bits per heavy atom. The van der Waals surface area contributed by atoms with Crippen LogP contribution in [0.15, 0.2) is 12.2 Å². The molecule has 16 heavy (non-hydrogen) atoms. The Morgan fingerprint density at radius 2 is 1.12 bits per heavy atom. The summed E-state index contributed by atoms with van der Waals surface area (Å²) in [5.74, 6) is -3.70. The SMILES string of the molecule is CC(O)C(=O)O.O=C(O)/C=C/C(=O)O.[CaH2].[CaH2]. The van der Waals surface area contributed by atoms with Gasteiger partial charge in [-0.2, -0.15) is 0 Å². The number of rotatable bonds is 3. The summed E-state index contributed by atoms with van der Waals surface area (Å²) in [6, 6.07) is 0. The number of aliphatic carboxylic acids is 3. The van der Waals surface area contributed by atoms with Crippen molar-refractivity contribution in [3.8, 4) is 0 Å². The number of hydrogen-bond acceptors (Lipinski definition) is 4. The fourth-order valence-electron chi connectivity index (χ4n) is 0.143. The molecule has 0 amide bonds. The molecular formula is C7H14Ca2O7. The first kappa shape index (κ1) is 25.5.